The van der Waals surface area contributed by atoms with E-state index in [9.17, 15) is 9.59 Å². The molecule has 2 heterocycles. The van der Waals surface area contributed by atoms with Crippen LogP contribution in [-0.2, 0) is 16.1 Å². The van der Waals surface area contributed by atoms with Gasteiger partial charge in [-0.15, -0.1) is 0 Å². The number of benzene rings is 2. The fraction of sp³-hybridized carbons (Fsp3) is 0.419. The van der Waals surface area contributed by atoms with Gasteiger partial charge in [0.05, 0.1) is 12.7 Å². The first-order valence-electron chi connectivity index (χ1n) is 13.8. The van der Waals surface area contributed by atoms with Crippen molar-refractivity contribution in [2.75, 3.05) is 55.9 Å². The third kappa shape index (κ3) is 7.73. The van der Waals surface area contributed by atoms with Crippen molar-refractivity contribution in [2.45, 2.75) is 45.5 Å². The number of nitrogens with one attached hydrogen (secondary N) is 1. The Kier molecular flexibility index (Phi) is 9.44. The molecular weight excluding hydrogens is 520 g/mol. The highest BCUT2D eigenvalue weighted by molar-refractivity contribution is 6.09. The van der Waals surface area contributed by atoms with Crippen LogP contribution >= 0.6 is 0 Å². The number of aromatic nitrogens is 2. The molecule has 1 unspecified atom stereocenters. The summed E-state index contributed by atoms with van der Waals surface area (Å²) in [6.07, 6.45) is 1.58. The van der Waals surface area contributed by atoms with E-state index >= 15 is 0 Å². The summed E-state index contributed by atoms with van der Waals surface area (Å²) in [5.74, 6) is 0.942. The third-order valence-corrected chi connectivity index (χ3v) is 6.77. The average Bonchev–Trinajstić information content (AvgIpc) is 3.08. The predicted octanol–water partition coefficient (Wildman–Crippen LogP) is 5.13. The van der Waals surface area contributed by atoms with Gasteiger partial charge in [-0.2, -0.15) is 4.98 Å². The molecule has 4 rings (SSSR count). The van der Waals surface area contributed by atoms with Crippen molar-refractivity contribution in [1.29, 1.82) is 0 Å². The van der Waals surface area contributed by atoms with Gasteiger partial charge in [0.15, 0.2) is 0 Å². The van der Waals surface area contributed by atoms with Gasteiger partial charge in [-0.05, 0) is 50.5 Å². The predicted molar refractivity (Wildman–Crippen MR) is 160 cm³/mol. The Morgan fingerprint density at radius 2 is 1.88 bits per heavy atom. The molecule has 218 valence electrons. The van der Waals surface area contributed by atoms with Crippen LogP contribution in [-0.4, -0.2) is 73.2 Å². The van der Waals surface area contributed by atoms with Crippen LogP contribution in [0.15, 0.2) is 60.8 Å². The molecule has 3 aromatic rings. The Hall–Kier alpha value is -4.18. The number of carbonyl (C=O) groups is 2. The monoisotopic (exact) mass is 560 g/mol. The fourth-order valence-electron chi connectivity index (χ4n) is 4.55. The first-order valence-corrected chi connectivity index (χ1v) is 13.8. The summed E-state index contributed by atoms with van der Waals surface area (Å²) in [6, 6.07) is 17.8. The van der Waals surface area contributed by atoms with E-state index in [1.54, 1.807) is 30.1 Å². The lowest BCUT2D eigenvalue weighted by Crippen LogP contribution is -2.35. The van der Waals surface area contributed by atoms with Crippen molar-refractivity contribution >= 4 is 29.5 Å². The number of hydrogen-bond donors (Lipinski definition) is 1. The van der Waals surface area contributed by atoms with Crippen LogP contribution in [0.2, 0.25) is 0 Å². The van der Waals surface area contributed by atoms with Gasteiger partial charge < -0.3 is 29.5 Å². The number of amides is 2. The quantitative estimate of drug-likeness (QED) is 0.385. The molecule has 0 spiro atoms. The van der Waals surface area contributed by atoms with Crippen LogP contribution in [0.3, 0.4) is 0 Å². The standard InChI is InChI=1S/C31H40N6O4/c1-31(2,3)41-30(39)36(6)16-15-26(23-12-8-7-9-13-23)40-21-22-11-10-14-24(19-22)37-18-17-35(5)27-25(28(37)38)20-33-29(32-4)34-27/h7-14,19-20,26H,15-18,21H2,1-6H3,(H,32,33,34). The second kappa shape index (κ2) is 13.0. The molecule has 2 aromatic carbocycles. The van der Waals surface area contributed by atoms with E-state index in [1.807, 2.05) is 87.3 Å². The Labute approximate surface area is 242 Å². The normalized spacial score (nSPS) is 14.2. The summed E-state index contributed by atoms with van der Waals surface area (Å²) in [4.78, 5) is 40.1. The van der Waals surface area contributed by atoms with Gasteiger partial charge in [0, 0.05) is 52.7 Å². The smallest absolute Gasteiger partial charge is 0.410 e. The topological polar surface area (TPSA) is 100 Å². The molecule has 0 saturated carbocycles. The Morgan fingerprint density at radius 3 is 2.59 bits per heavy atom. The van der Waals surface area contributed by atoms with Crippen LogP contribution in [0.4, 0.5) is 22.2 Å². The summed E-state index contributed by atoms with van der Waals surface area (Å²) in [6.45, 7) is 7.51. The number of fused-ring (bicyclic) bond motifs is 1. The van der Waals surface area contributed by atoms with E-state index < -0.39 is 5.60 Å². The number of rotatable bonds is 9. The highest BCUT2D eigenvalue weighted by Gasteiger charge is 2.28. The second-order valence-electron chi connectivity index (χ2n) is 11.1. The van der Waals surface area contributed by atoms with E-state index in [0.717, 1.165) is 16.8 Å². The molecule has 1 aromatic heterocycles. The first kappa shape index (κ1) is 29.8. The molecule has 1 N–H and O–H groups in total. The number of hydrogen-bond acceptors (Lipinski definition) is 8. The summed E-state index contributed by atoms with van der Waals surface area (Å²) >= 11 is 0. The van der Waals surface area contributed by atoms with Crippen LogP contribution in [0.25, 0.3) is 0 Å². The molecule has 2 amide bonds. The van der Waals surface area contributed by atoms with Crippen molar-refractivity contribution in [1.82, 2.24) is 14.9 Å². The molecule has 0 aliphatic carbocycles. The van der Waals surface area contributed by atoms with Crippen molar-refractivity contribution in [3.8, 4) is 0 Å². The molecule has 0 saturated heterocycles. The Bertz CT molecular complexity index is 1340. The van der Waals surface area contributed by atoms with Gasteiger partial charge in [0.25, 0.3) is 5.91 Å². The van der Waals surface area contributed by atoms with E-state index in [-0.39, 0.29) is 18.1 Å². The molecule has 1 atom stereocenters. The van der Waals surface area contributed by atoms with Crippen LogP contribution in [0, 0.1) is 0 Å². The highest BCUT2D eigenvalue weighted by atomic mass is 16.6. The molecule has 1 aliphatic heterocycles. The summed E-state index contributed by atoms with van der Waals surface area (Å²) in [5.41, 5.74) is 2.67. The van der Waals surface area contributed by atoms with Gasteiger partial charge in [0.1, 0.15) is 17.0 Å². The summed E-state index contributed by atoms with van der Waals surface area (Å²) in [5, 5.41) is 2.93. The van der Waals surface area contributed by atoms with Gasteiger partial charge in [-0.3, -0.25) is 4.79 Å². The summed E-state index contributed by atoms with van der Waals surface area (Å²) < 4.78 is 11.9. The van der Waals surface area contributed by atoms with Gasteiger partial charge in [-0.1, -0.05) is 42.5 Å². The number of anilines is 3. The van der Waals surface area contributed by atoms with Gasteiger partial charge in [0.2, 0.25) is 5.95 Å². The zero-order valence-corrected chi connectivity index (χ0v) is 24.8. The van der Waals surface area contributed by atoms with E-state index in [2.05, 4.69) is 15.3 Å². The number of carbonyl (C=O) groups excluding carboxylic acids is 2. The Balaban J connectivity index is 1.47. The fourth-order valence-corrected chi connectivity index (χ4v) is 4.55. The lowest BCUT2D eigenvalue weighted by atomic mass is 10.1. The molecule has 0 radical (unpaired) electrons. The molecule has 10 heteroatoms. The number of ether oxygens (including phenoxy) is 2. The molecule has 0 fully saturated rings. The maximum atomic E-state index is 13.6. The zero-order chi connectivity index (χ0) is 29.6. The maximum Gasteiger partial charge on any atom is 0.410 e. The van der Waals surface area contributed by atoms with Crippen molar-refractivity contribution in [2.24, 2.45) is 0 Å². The molecule has 0 bridgehead atoms. The van der Waals surface area contributed by atoms with E-state index in [4.69, 9.17) is 9.47 Å². The minimum Gasteiger partial charge on any atom is -0.444 e. The second-order valence-corrected chi connectivity index (χ2v) is 11.1. The Morgan fingerprint density at radius 1 is 1.12 bits per heavy atom. The summed E-state index contributed by atoms with van der Waals surface area (Å²) in [7, 11) is 5.41. The van der Waals surface area contributed by atoms with E-state index in [1.165, 1.54) is 0 Å². The molecule has 41 heavy (non-hydrogen) atoms. The average molecular weight is 561 g/mol. The minimum atomic E-state index is -0.555. The number of nitrogens with zero attached hydrogens (tertiary/aromatic N) is 5. The van der Waals surface area contributed by atoms with Gasteiger partial charge in [-0.25, -0.2) is 9.78 Å². The molecule has 10 nitrogen and oxygen atoms in total. The van der Waals surface area contributed by atoms with E-state index in [0.29, 0.717) is 50.0 Å². The maximum absolute atomic E-state index is 13.6. The first-order chi connectivity index (χ1) is 19.6. The van der Waals surface area contributed by atoms with Gasteiger partial charge >= 0.3 is 6.09 Å². The molecular formula is C31H40N6O4. The zero-order valence-electron chi connectivity index (χ0n) is 24.8. The van der Waals surface area contributed by atoms with Crippen molar-refractivity contribution < 1.29 is 19.1 Å². The number of likely N-dealkylation sites (N-methyl/N-ethyl adjacent to an activating group) is 1. The van der Waals surface area contributed by atoms with Crippen LogP contribution in [0.1, 0.15) is 54.8 Å². The van der Waals surface area contributed by atoms with Crippen LogP contribution in [0.5, 0.6) is 0 Å². The largest absolute Gasteiger partial charge is 0.444 e. The minimum absolute atomic E-state index is 0.141. The highest BCUT2D eigenvalue weighted by Crippen LogP contribution is 2.28. The van der Waals surface area contributed by atoms with Crippen molar-refractivity contribution in [3.63, 3.8) is 0 Å². The van der Waals surface area contributed by atoms with Crippen LogP contribution < -0.4 is 15.1 Å². The van der Waals surface area contributed by atoms with Crippen molar-refractivity contribution in [3.05, 3.63) is 77.5 Å². The lowest BCUT2D eigenvalue weighted by Gasteiger charge is -2.26. The molecule has 1 aliphatic rings. The SMILES string of the molecule is CNc1ncc2c(n1)N(C)CCN(c1cccc(COC(CCN(C)C(=O)OC(C)(C)C)c3ccccc3)c1)C2=O. The lowest BCUT2D eigenvalue weighted by molar-refractivity contribution is 0.0137. The third-order valence-electron chi connectivity index (χ3n) is 6.77.